The number of nitrogens with one attached hydrogen (secondary N) is 1. The number of nitrogens with zero attached hydrogens (tertiary/aromatic N) is 1. The van der Waals surface area contributed by atoms with Crippen molar-refractivity contribution in [1.82, 2.24) is 5.32 Å². The topological polar surface area (TPSA) is 114 Å². The molecule has 0 saturated carbocycles. The van der Waals surface area contributed by atoms with Crippen molar-refractivity contribution in [3.05, 3.63) is 60.8 Å². The molecule has 0 bridgehead atoms. The molecule has 0 aromatic carbocycles. The zero-order valence-corrected chi connectivity index (χ0v) is 44.5. The first-order chi connectivity index (χ1) is 31.9. The Labute approximate surface area is 407 Å². The molecule has 0 rings (SSSR count). The Morgan fingerprint density at radius 2 is 0.970 bits per heavy atom. The van der Waals surface area contributed by atoms with Crippen LogP contribution in [0.5, 0.6) is 0 Å². The molecule has 0 spiro atoms. The SMILES string of the molecule is CC/C=C/C/C=C/C/C=C/C/C=C/CCCCCC(=O)NC(COP(=O)([O-])OCC[N+](C)(C)C)C(/C=C/CCCCCCCCCCCCC)OC(=O)CCCCCCCCCCCCC. The Hall–Kier alpha value is -2.29. The van der Waals surface area contributed by atoms with E-state index in [0.717, 1.165) is 83.5 Å². The first kappa shape index (κ1) is 63.7. The quantitative estimate of drug-likeness (QED) is 0.0212. The zero-order chi connectivity index (χ0) is 48.7. The van der Waals surface area contributed by atoms with Crippen LogP contribution in [0.1, 0.15) is 233 Å². The van der Waals surface area contributed by atoms with Gasteiger partial charge in [0.2, 0.25) is 5.91 Å². The number of quaternary nitrogens is 1. The minimum absolute atomic E-state index is 0.0293. The van der Waals surface area contributed by atoms with Gasteiger partial charge < -0.3 is 28.5 Å². The molecule has 0 saturated heterocycles. The fourth-order valence-electron chi connectivity index (χ4n) is 7.51. The summed E-state index contributed by atoms with van der Waals surface area (Å²) in [7, 11) is 1.16. The maximum Gasteiger partial charge on any atom is 0.306 e. The molecular formula is C56H103N2O7P. The predicted octanol–water partition coefficient (Wildman–Crippen LogP) is 15.3. The number of hydrogen-bond donors (Lipinski definition) is 1. The lowest BCUT2D eigenvalue weighted by atomic mass is 10.0. The highest BCUT2D eigenvalue weighted by Crippen LogP contribution is 2.38. The van der Waals surface area contributed by atoms with Crippen molar-refractivity contribution in [1.29, 1.82) is 0 Å². The fourth-order valence-corrected chi connectivity index (χ4v) is 8.23. The highest BCUT2D eigenvalue weighted by atomic mass is 31.2. The third-order valence-corrected chi connectivity index (χ3v) is 12.7. The number of esters is 1. The maximum atomic E-state index is 13.4. The highest BCUT2D eigenvalue weighted by Gasteiger charge is 2.27. The van der Waals surface area contributed by atoms with Crippen LogP contribution < -0.4 is 10.2 Å². The Morgan fingerprint density at radius 3 is 1.47 bits per heavy atom. The molecule has 384 valence electrons. The molecule has 0 aromatic heterocycles. The smallest absolute Gasteiger partial charge is 0.306 e. The molecule has 3 atom stereocenters. The van der Waals surface area contributed by atoms with Gasteiger partial charge in [-0.25, -0.2) is 0 Å². The molecule has 0 aliphatic heterocycles. The van der Waals surface area contributed by atoms with Gasteiger partial charge in [0.05, 0.1) is 33.8 Å². The molecule has 1 N–H and O–H groups in total. The van der Waals surface area contributed by atoms with E-state index in [-0.39, 0.29) is 31.3 Å². The summed E-state index contributed by atoms with van der Waals surface area (Å²) in [6.45, 7) is 6.68. The molecule has 1 amide bonds. The Bertz CT molecular complexity index is 1320. The van der Waals surface area contributed by atoms with Gasteiger partial charge in [-0.2, -0.15) is 0 Å². The summed E-state index contributed by atoms with van der Waals surface area (Å²) in [5.41, 5.74) is 0. The summed E-state index contributed by atoms with van der Waals surface area (Å²) in [5, 5.41) is 3.00. The van der Waals surface area contributed by atoms with E-state index in [1.54, 1.807) is 0 Å². The zero-order valence-electron chi connectivity index (χ0n) is 43.6. The van der Waals surface area contributed by atoms with Gasteiger partial charge in [0.1, 0.15) is 19.3 Å². The number of allylic oxidation sites excluding steroid dienone is 9. The number of hydrogen-bond acceptors (Lipinski definition) is 7. The number of unbranched alkanes of at least 4 members (excludes halogenated alkanes) is 24. The van der Waals surface area contributed by atoms with E-state index >= 15 is 0 Å². The molecular weight excluding hydrogens is 844 g/mol. The first-order valence-electron chi connectivity index (χ1n) is 27.1. The minimum Gasteiger partial charge on any atom is -0.756 e. The van der Waals surface area contributed by atoms with Crippen LogP contribution in [-0.2, 0) is 27.9 Å². The van der Waals surface area contributed by atoms with Crippen molar-refractivity contribution in [2.45, 2.75) is 245 Å². The van der Waals surface area contributed by atoms with Crippen LogP contribution in [0.15, 0.2) is 60.8 Å². The molecule has 0 aromatic rings. The summed E-state index contributed by atoms with van der Waals surface area (Å²) in [6.07, 6.45) is 56.1. The van der Waals surface area contributed by atoms with E-state index in [4.69, 9.17) is 13.8 Å². The average molecular weight is 947 g/mol. The largest absolute Gasteiger partial charge is 0.756 e. The summed E-state index contributed by atoms with van der Waals surface area (Å²) in [4.78, 5) is 39.7. The molecule has 10 heteroatoms. The van der Waals surface area contributed by atoms with Crippen molar-refractivity contribution in [2.75, 3.05) is 40.9 Å². The minimum atomic E-state index is -4.70. The van der Waals surface area contributed by atoms with Crippen LogP contribution in [-0.4, -0.2) is 69.4 Å². The van der Waals surface area contributed by atoms with Gasteiger partial charge in [0, 0.05) is 12.8 Å². The summed E-state index contributed by atoms with van der Waals surface area (Å²) < 4.78 is 30.1. The molecule has 0 fully saturated rings. The van der Waals surface area contributed by atoms with E-state index in [0.29, 0.717) is 17.4 Å². The number of amides is 1. The lowest BCUT2D eigenvalue weighted by Crippen LogP contribution is -2.47. The number of phosphoric ester groups is 1. The molecule has 0 aliphatic carbocycles. The first-order valence-corrected chi connectivity index (χ1v) is 28.6. The predicted molar refractivity (Wildman–Crippen MR) is 279 cm³/mol. The van der Waals surface area contributed by atoms with Crippen molar-refractivity contribution in [2.24, 2.45) is 0 Å². The van der Waals surface area contributed by atoms with Crippen LogP contribution in [0.2, 0.25) is 0 Å². The normalized spacial score (nSPS) is 14.3. The second-order valence-electron chi connectivity index (χ2n) is 19.4. The number of carbonyl (C=O) groups is 2. The number of rotatable bonds is 48. The van der Waals surface area contributed by atoms with Gasteiger partial charge in [0.25, 0.3) is 7.82 Å². The molecule has 0 heterocycles. The van der Waals surface area contributed by atoms with Gasteiger partial charge in [-0.15, -0.1) is 0 Å². The van der Waals surface area contributed by atoms with Gasteiger partial charge >= 0.3 is 5.97 Å². The Kier molecular flexibility index (Phi) is 44.8. The van der Waals surface area contributed by atoms with Gasteiger partial charge in [-0.3, -0.25) is 14.2 Å². The molecule has 66 heavy (non-hydrogen) atoms. The number of phosphoric acid groups is 1. The van der Waals surface area contributed by atoms with Crippen molar-refractivity contribution < 1.29 is 37.3 Å². The summed E-state index contributed by atoms with van der Waals surface area (Å²) in [5.74, 6) is -0.577. The summed E-state index contributed by atoms with van der Waals surface area (Å²) >= 11 is 0. The number of ether oxygens (including phenoxy) is 1. The van der Waals surface area contributed by atoms with Gasteiger partial charge in [-0.1, -0.05) is 210 Å². The average Bonchev–Trinajstić information content (AvgIpc) is 3.27. The number of likely N-dealkylation sites (N-methyl/N-ethyl adjacent to an activating group) is 1. The van der Waals surface area contributed by atoms with E-state index in [9.17, 15) is 19.0 Å². The van der Waals surface area contributed by atoms with E-state index in [1.807, 2.05) is 33.3 Å². The lowest BCUT2D eigenvalue weighted by molar-refractivity contribution is -0.870. The van der Waals surface area contributed by atoms with Crippen LogP contribution in [0.4, 0.5) is 0 Å². The molecule has 0 radical (unpaired) electrons. The second kappa shape index (κ2) is 46.4. The molecule has 0 aliphatic rings. The molecule has 9 nitrogen and oxygen atoms in total. The van der Waals surface area contributed by atoms with Gasteiger partial charge in [0.15, 0.2) is 0 Å². The Balaban J connectivity index is 5.46. The third kappa shape index (κ3) is 46.8. The third-order valence-electron chi connectivity index (χ3n) is 11.7. The van der Waals surface area contributed by atoms with Crippen molar-refractivity contribution in [3.63, 3.8) is 0 Å². The lowest BCUT2D eigenvalue weighted by Gasteiger charge is -2.30. The number of carbonyl (C=O) groups excluding carboxylic acids is 2. The molecule has 3 unspecified atom stereocenters. The fraction of sp³-hybridized carbons (Fsp3) is 0.786. The standard InChI is InChI=1S/C56H103N2O7P/c1-7-10-13-16-19-22-25-27-28-29-31-34-36-39-42-45-48-55(59)57-53(52-64-66(61,62)63-51-50-58(4,5)6)54(47-44-41-38-35-33-30-26-23-20-17-14-11-8-2)65-56(60)49-46-43-40-37-32-24-21-18-15-12-9-3/h10,13,19,22,27-28,31,34,44,47,53-54H,7-9,11-12,14-18,20-21,23-26,29-30,32-33,35-43,45-46,48-52H2,1-6H3,(H-,57,59,61,62)/b13-10+,22-19+,28-27+,34-31+,47-44+. The van der Waals surface area contributed by atoms with Crippen LogP contribution in [0.3, 0.4) is 0 Å². The van der Waals surface area contributed by atoms with Crippen molar-refractivity contribution in [3.8, 4) is 0 Å². The van der Waals surface area contributed by atoms with Crippen molar-refractivity contribution >= 4 is 19.7 Å². The van der Waals surface area contributed by atoms with Crippen LogP contribution in [0, 0.1) is 0 Å². The maximum absolute atomic E-state index is 13.4. The van der Waals surface area contributed by atoms with E-state index in [1.165, 1.54) is 109 Å². The monoisotopic (exact) mass is 947 g/mol. The second-order valence-corrected chi connectivity index (χ2v) is 20.8. The highest BCUT2D eigenvalue weighted by molar-refractivity contribution is 7.45. The van der Waals surface area contributed by atoms with E-state index in [2.05, 4.69) is 74.7 Å². The summed E-state index contributed by atoms with van der Waals surface area (Å²) in [6, 6.07) is -0.902. The van der Waals surface area contributed by atoms with Gasteiger partial charge in [-0.05, 0) is 70.3 Å². The van der Waals surface area contributed by atoms with Crippen LogP contribution >= 0.6 is 7.82 Å². The van der Waals surface area contributed by atoms with Crippen LogP contribution in [0.25, 0.3) is 0 Å². The van der Waals surface area contributed by atoms with E-state index < -0.39 is 26.6 Å². The Morgan fingerprint density at radius 1 is 0.545 bits per heavy atom.